The lowest BCUT2D eigenvalue weighted by atomic mass is 10.1. The summed E-state index contributed by atoms with van der Waals surface area (Å²) in [6.07, 6.45) is 1.62. The van der Waals surface area contributed by atoms with E-state index in [1.165, 1.54) is 19.6 Å². The number of benzene rings is 2. The van der Waals surface area contributed by atoms with Gasteiger partial charge in [0.25, 0.3) is 11.1 Å². The molecule has 2 aromatic carbocycles. The van der Waals surface area contributed by atoms with Crippen molar-refractivity contribution < 1.29 is 23.9 Å². The Morgan fingerprint density at radius 1 is 1.17 bits per heavy atom. The van der Waals surface area contributed by atoms with E-state index in [9.17, 15) is 14.4 Å². The molecule has 1 aliphatic heterocycles. The van der Waals surface area contributed by atoms with Crippen molar-refractivity contribution >= 4 is 35.0 Å². The molecule has 1 atom stereocenters. The first-order valence-electron chi connectivity index (χ1n) is 9.02. The summed E-state index contributed by atoms with van der Waals surface area (Å²) in [5.41, 5.74) is 3.02. The van der Waals surface area contributed by atoms with Crippen molar-refractivity contribution in [1.29, 1.82) is 0 Å². The summed E-state index contributed by atoms with van der Waals surface area (Å²) >= 11 is 0.805. The van der Waals surface area contributed by atoms with Gasteiger partial charge in [0.15, 0.2) is 0 Å². The van der Waals surface area contributed by atoms with E-state index in [1.54, 1.807) is 6.08 Å². The molecule has 2 amide bonds. The predicted molar refractivity (Wildman–Crippen MR) is 111 cm³/mol. The number of ether oxygens (including phenoxy) is 2. The maximum Gasteiger partial charge on any atom is 0.328 e. The molecule has 150 valence electrons. The van der Waals surface area contributed by atoms with Gasteiger partial charge in [-0.05, 0) is 54.9 Å². The van der Waals surface area contributed by atoms with Crippen molar-refractivity contribution in [1.82, 2.24) is 4.90 Å². The molecule has 1 heterocycles. The third kappa shape index (κ3) is 4.86. The highest BCUT2D eigenvalue weighted by molar-refractivity contribution is 8.18. The van der Waals surface area contributed by atoms with E-state index in [4.69, 9.17) is 4.74 Å². The monoisotopic (exact) mass is 411 g/mol. The number of nitrogens with zero attached hydrogens (tertiary/aromatic N) is 1. The van der Waals surface area contributed by atoms with E-state index >= 15 is 0 Å². The SMILES string of the molecule is COC(=O)[C@@H](C)N1C(=O)S/C(=C/c2ccc(OCc3cccc(C)c3)cc2)C1=O. The summed E-state index contributed by atoms with van der Waals surface area (Å²) in [5, 5.41) is -0.489. The lowest BCUT2D eigenvalue weighted by molar-refractivity contribution is -0.148. The number of hydrogen-bond acceptors (Lipinski definition) is 6. The summed E-state index contributed by atoms with van der Waals surface area (Å²) < 4.78 is 10.4. The minimum absolute atomic E-state index is 0.263. The fourth-order valence-electron chi connectivity index (χ4n) is 2.87. The number of hydrogen-bond donors (Lipinski definition) is 0. The predicted octanol–water partition coefficient (Wildman–Crippen LogP) is 4.17. The van der Waals surface area contributed by atoms with Crippen molar-refractivity contribution in [3.63, 3.8) is 0 Å². The Labute approximate surface area is 173 Å². The van der Waals surface area contributed by atoms with Crippen LogP contribution in [0.25, 0.3) is 6.08 Å². The first-order chi connectivity index (χ1) is 13.9. The quantitative estimate of drug-likeness (QED) is 0.525. The van der Waals surface area contributed by atoms with Gasteiger partial charge in [0.05, 0.1) is 12.0 Å². The number of carbonyl (C=O) groups is 3. The molecule has 6 nitrogen and oxygen atoms in total. The number of thioether (sulfide) groups is 1. The zero-order valence-electron chi connectivity index (χ0n) is 16.4. The minimum Gasteiger partial charge on any atom is -0.489 e. The topological polar surface area (TPSA) is 72.9 Å². The molecule has 0 bridgehead atoms. The van der Waals surface area contributed by atoms with Crippen molar-refractivity contribution in [3.8, 4) is 5.75 Å². The zero-order valence-corrected chi connectivity index (χ0v) is 17.2. The number of carbonyl (C=O) groups excluding carboxylic acids is 3. The Kier molecular flexibility index (Phi) is 6.39. The molecule has 0 aliphatic carbocycles. The largest absolute Gasteiger partial charge is 0.489 e. The molecular formula is C22H21NO5S. The molecule has 0 N–H and O–H groups in total. The van der Waals surface area contributed by atoms with E-state index in [1.807, 2.05) is 49.4 Å². The number of rotatable bonds is 6. The summed E-state index contributed by atoms with van der Waals surface area (Å²) in [7, 11) is 1.22. The number of aryl methyl sites for hydroxylation is 1. The van der Waals surface area contributed by atoms with Gasteiger partial charge in [-0.2, -0.15) is 0 Å². The molecule has 0 unspecified atom stereocenters. The van der Waals surface area contributed by atoms with Crippen LogP contribution in [0.2, 0.25) is 0 Å². The van der Waals surface area contributed by atoms with Crippen LogP contribution in [0.1, 0.15) is 23.6 Å². The van der Waals surface area contributed by atoms with Gasteiger partial charge in [-0.15, -0.1) is 0 Å². The molecule has 0 saturated carbocycles. The number of imide groups is 1. The minimum atomic E-state index is -0.962. The van der Waals surface area contributed by atoms with Crippen LogP contribution in [0.3, 0.4) is 0 Å². The smallest absolute Gasteiger partial charge is 0.328 e. The first kappa shape index (κ1) is 20.7. The second kappa shape index (κ2) is 8.96. The lowest BCUT2D eigenvalue weighted by Gasteiger charge is -2.18. The lowest BCUT2D eigenvalue weighted by Crippen LogP contribution is -2.42. The zero-order chi connectivity index (χ0) is 21.0. The molecule has 1 fully saturated rings. The standard InChI is InChI=1S/C22H21NO5S/c1-14-5-4-6-17(11-14)13-28-18-9-7-16(8-10-18)12-19-20(24)23(22(26)29-19)15(2)21(25)27-3/h4-12,15H,13H2,1-3H3/b19-12+/t15-/m1/s1. The summed E-state index contributed by atoms with van der Waals surface area (Å²) in [5.74, 6) is -0.433. The Balaban J connectivity index is 1.67. The second-order valence-electron chi connectivity index (χ2n) is 6.60. The molecule has 29 heavy (non-hydrogen) atoms. The normalized spacial score (nSPS) is 16.2. The highest BCUT2D eigenvalue weighted by atomic mass is 32.2. The molecule has 1 aliphatic rings. The number of esters is 1. The van der Waals surface area contributed by atoms with Crippen LogP contribution in [0.5, 0.6) is 5.75 Å². The fraction of sp³-hybridized carbons (Fsp3) is 0.227. The van der Waals surface area contributed by atoms with Gasteiger partial charge >= 0.3 is 5.97 Å². The van der Waals surface area contributed by atoms with E-state index in [0.29, 0.717) is 12.4 Å². The highest BCUT2D eigenvalue weighted by Gasteiger charge is 2.41. The Bertz CT molecular complexity index is 967. The molecule has 0 aromatic heterocycles. The molecule has 2 aromatic rings. The highest BCUT2D eigenvalue weighted by Crippen LogP contribution is 2.34. The van der Waals surface area contributed by atoms with Gasteiger partial charge < -0.3 is 9.47 Å². The van der Waals surface area contributed by atoms with Gasteiger partial charge in [-0.1, -0.05) is 42.0 Å². The number of methoxy groups -OCH3 is 1. The average Bonchev–Trinajstić information content (AvgIpc) is 2.99. The van der Waals surface area contributed by atoms with Crippen LogP contribution >= 0.6 is 11.8 Å². The van der Waals surface area contributed by atoms with Crippen LogP contribution < -0.4 is 4.74 Å². The van der Waals surface area contributed by atoms with Gasteiger partial charge in [-0.25, -0.2) is 4.79 Å². The van der Waals surface area contributed by atoms with E-state index < -0.39 is 23.2 Å². The van der Waals surface area contributed by atoms with Crippen molar-refractivity contribution in [2.45, 2.75) is 26.5 Å². The van der Waals surface area contributed by atoms with Crippen molar-refractivity contribution in [2.75, 3.05) is 7.11 Å². The summed E-state index contributed by atoms with van der Waals surface area (Å²) in [4.78, 5) is 37.5. The summed E-state index contributed by atoms with van der Waals surface area (Å²) in [6.45, 7) is 3.96. The molecular weight excluding hydrogens is 390 g/mol. The molecule has 1 saturated heterocycles. The molecule has 3 rings (SSSR count). The van der Waals surface area contributed by atoms with E-state index in [2.05, 4.69) is 10.8 Å². The van der Waals surface area contributed by atoms with Crippen LogP contribution in [-0.4, -0.2) is 35.2 Å². The van der Waals surface area contributed by atoms with Gasteiger partial charge in [0, 0.05) is 0 Å². The Morgan fingerprint density at radius 2 is 1.90 bits per heavy atom. The van der Waals surface area contributed by atoms with Crippen molar-refractivity contribution in [2.24, 2.45) is 0 Å². The average molecular weight is 411 g/mol. The van der Waals surface area contributed by atoms with E-state index in [-0.39, 0.29) is 4.91 Å². The van der Waals surface area contributed by atoms with Gasteiger partial charge in [-0.3, -0.25) is 14.5 Å². The maximum absolute atomic E-state index is 12.5. The van der Waals surface area contributed by atoms with Gasteiger partial charge in [0.1, 0.15) is 18.4 Å². The van der Waals surface area contributed by atoms with Crippen LogP contribution in [0.4, 0.5) is 4.79 Å². The second-order valence-corrected chi connectivity index (χ2v) is 7.59. The number of amides is 2. The van der Waals surface area contributed by atoms with E-state index in [0.717, 1.165) is 27.8 Å². The van der Waals surface area contributed by atoms with Crippen LogP contribution in [0.15, 0.2) is 53.4 Å². The third-order valence-corrected chi connectivity index (χ3v) is 5.30. The molecule has 0 spiro atoms. The first-order valence-corrected chi connectivity index (χ1v) is 9.84. The molecule has 7 heteroatoms. The summed E-state index contributed by atoms with van der Waals surface area (Å²) in [6, 6.07) is 14.4. The third-order valence-electron chi connectivity index (χ3n) is 4.42. The fourth-order valence-corrected chi connectivity index (χ4v) is 3.78. The Morgan fingerprint density at radius 3 is 2.55 bits per heavy atom. The molecule has 0 radical (unpaired) electrons. The van der Waals surface area contributed by atoms with Crippen molar-refractivity contribution in [3.05, 3.63) is 70.1 Å². The Hall–Kier alpha value is -3.06. The van der Waals surface area contributed by atoms with Crippen LogP contribution in [-0.2, 0) is 20.9 Å². The van der Waals surface area contributed by atoms with Crippen LogP contribution in [0, 0.1) is 6.92 Å². The maximum atomic E-state index is 12.5. The van der Waals surface area contributed by atoms with Gasteiger partial charge in [0.2, 0.25) is 0 Å².